The van der Waals surface area contributed by atoms with Crippen molar-refractivity contribution >= 4 is 41.6 Å². The normalized spacial score (nSPS) is 17.0. The van der Waals surface area contributed by atoms with Gasteiger partial charge in [-0.15, -0.1) is 0 Å². The second kappa shape index (κ2) is 7.65. The molecule has 0 bridgehead atoms. The van der Waals surface area contributed by atoms with Crippen molar-refractivity contribution in [3.05, 3.63) is 75.5 Å². The minimum atomic E-state index is -0.343. The zero-order valence-corrected chi connectivity index (χ0v) is 16.1. The topological polar surface area (TPSA) is 66.3 Å². The van der Waals surface area contributed by atoms with E-state index in [1.165, 1.54) is 16.8 Å². The highest BCUT2D eigenvalue weighted by Crippen LogP contribution is 2.31. The fourth-order valence-corrected chi connectivity index (χ4v) is 3.42. The molecule has 1 unspecified atom stereocenters. The van der Waals surface area contributed by atoms with Crippen LogP contribution in [0.4, 0.5) is 10.1 Å². The molecule has 1 aliphatic heterocycles. The summed E-state index contributed by atoms with van der Waals surface area (Å²) >= 11 is 11.2. The number of amides is 1. The van der Waals surface area contributed by atoms with Gasteiger partial charge in [-0.1, -0.05) is 23.7 Å². The first-order valence-electron chi connectivity index (χ1n) is 8.54. The van der Waals surface area contributed by atoms with Crippen molar-refractivity contribution < 1.29 is 9.18 Å². The van der Waals surface area contributed by atoms with Crippen LogP contribution in [0.2, 0.25) is 5.02 Å². The first-order chi connectivity index (χ1) is 13.5. The predicted octanol–water partition coefficient (Wildman–Crippen LogP) is 4.14. The number of carbonyl (C=O) groups is 1. The molecule has 1 aromatic heterocycles. The van der Waals surface area contributed by atoms with Crippen LogP contribution >= 0.6 is 23.8 Å². The first-order valence-corrected chi connectivity index (χ1v) is 9.33. The monoisotopic (exact) mass is 415 g/mol. The number of hydrogen-bond donors (Lipinski definition) is 1. The average molecular weight is 416 g/mol. The summed E-state index contributed by atoms with van der Waals surface area (Å²) in [7, 11) is 0. The van der Waals surface area contributed by atoms with Crippen LogP contribution in [-0.4, -0.2) is 33.5 Å². The number of hydrogen-bond acceptors (Lipinski definition) is 4. The van der Waals surface area contributed by atoms with Crippen LogP contribution in [0.25, 0.3) is 0 Å². The van der Waals surface area contributed by atoms with E-state index in [9.17, 15) is 9.18 Å². The van der Waals surface area contributed by atoms with Crippen molar-refractivity contribution in [3.63, 3.8) is 0 Å². The molecule has 0 radical (unpaired) electrons. The number of rotatable bonds is 4. The second-order valence-electron chi connectivity index (χ2n) is 6.38. The van der Waals surface area contributed by atoms with Gasteiger partial charge in [0.15, 0.2) is 5.82 Å². The minimum Gasteiger partial charge on any atom is -0.312 e. The van der Waals surface area contributed by atoms with Gasteiger partial charge in [-0.2, -0.15) is 14.9 Å². The molecule has 2 heterocycles. The maximum atomic E-state index is 13.2. The number of anilines is 1. The fourth-order valence-electron chi connectivity index (χ4n) is 3.10. The van der Waals surface area contributed by atoms with Crippen molar-refractivity contribution in [2.24, 2.45) is 5.10 Å². The van der Waals surface area contributed by atoms with Gasteiger partial charge in [0, 0.05) is 29.6 Å². The summed E-state index contributed by atoms with van der Waals surface area (Å²) in [5.41, 5.74) is 1.51. The van der Waals surface area contributed by atoms with Crippen LogP contribution in [0.5, 0.6) is 0 Å². The molecule has 28 heavy (non-hydrogen) atoms. The summed E-state index contributed by atoms with van der Waals surface area (Å²) in [6.45, 7) is 0.417. The van der Waals surface area contributed by atoms with E-state index < -0.39 is 0 Å². The highest BCUT2D eigenvalue weighted by Gasteiger charge is 2.34. The van der Waals surface area contributed by atoms with Gasteiger partial charge in [-0.25, -0.2) is 4.39 Å². The van der Waals surface area contributed by atoms with Gasteiger partial charge < -0.3 is 4.90 Å². The minimum absolute atomic E-state index is 0.0567. The Hall–Kier alpha value is -2.84. The van der Waals surface area contributed by atoms with Crippen molar-refractivity contribution in [1.29, 1.82) is 0 Å². The lowest BCUT2D eigenvalue weighted by molar-refractivity contribution is -0.117. The lowest BCUT2D eigenvalue weighted by Gasteiger charge is -2.16. The summed E-state index contributed by atoms with van der Waals surface area (Å²) in [5.74, 6) is -0.0100. The van der Waals surface area contributed by atoms with Crippen LogP contribution in [-0.2, 0) is 4.79 Å². The van der Waals surface area contributed by atoms with Crippen LogP contribution < -0.4 is 4.90 Å². The number of benzene rings is 2. The number of aromatic amines is 1. The molecular formula is C19H15ClFN5OS. The van der Waals surface area contributed by atoms with Crippen molar-refractivity contribution in [2.45, 2.75) is 12.3 Å². The molecule has 0 saturated carbocycles. The van der Waals surface area contributed by atoms with Gasteiger partial charge in [-0.3, -0.25) is 9.89 Å². The molecule has 1 aliphatic rings. The fraction of sp³-hybridized carbons (Fsp3) is 0.158. The zero-order valence-electron chi connectivity index (χ0n) is 14.5. The van der Waals surface area contributed by atoms with Gasteiger partial charge in [0.25, 0.3) is 0 Å². The molecule has 2 aromatic carbocycles. The van der Waals surface area contributed by atoms with Crippen LogP contribution in [0, 0.1) is 10.6 Å². The smallest absolute Gasteiger partial charge is 0.227 e. The first kappa shape index (κ1) is 18.5. The van der Waals surface area contributed by atoms with E-state index in [0.29, 0.717) is 27.9 Å². The molecule has 142 valence electrons. The Bertz CT molecular complexity index is 1090. The molecule has 1 atom stereocenters. The van der Waals surface area contributed by atoms with Crippen molar-refractivity contribution in [1.82, 2.24) is 14.9 Å². The molecule has 1 fully saturated rings. The third kappa shape index (κ3) is 3.74. The largest absolute Gasteiger partial charge is 0.312 e. The van der Waals surface area contributed by atoms with Crippen LogP contribution in [0.3, 0.4) is 0 Å². The number of H-pyrrole nitrogens is 1. The Morgan fingerprint density at radius 2 is 1.93 bits per heavy atom. The Labute approximate surface area is 170 Å². The summed E-state index contributed by atoms with van der Waals surface area (Å²) in [5, 5.41) is 12.1. The highest BCUT2D eigenvalue weighted by molar-refractivity contribution is 7.71. The molecule has 1 amide bonds. The zero-order chi connectivity index (χ0) is 19.7. The number of nitrogens with one attached hydrogen (secondary N) is 1. The number of carbonyl (C=O) groups excluding carboxylic acids is 1. The number of nitrogens with zero attached hydrogens (tertiary/aromatic N) is 4. The summed E-state index contributed by atoms with van der Waals surface area (Å²) < 4.78 is 15.0. The molecule has 0 aliphatic carbocycles. The Kier molecular flexibility index (Phi) is 5.06. The van der Waals surface area contributed by atoms with E-state index in [1.807, 2.05) is 12.1 Å². The van der Waals surface area contributed by atoms with E-state index in [0.717, 1.165) is 5.56 Å². The quantitative estimate of drug-likeness (QED) is 0.514. The van der Waals surface area contributed by atoms with Gasteiger partial charge in [0.1, 0.15) is 5.82 Å². The third-order valence-electron chi connectivity index (χ3n) is 4.50. The van der Waals surface area contributed by atoms with Crippen LogP contribution in [0.1, 0.15) is 23.7 Å². The molecule has 3 aromatic rings. The summed E-state index contributed by atoms with van der Waals surface area (Å²) in [6, 6.07) is 13.1. The van der Waals surface area contributed by atoms with E-state index in [1.54, 1.807) is 35.4 Å². The SMILES string of the molecule is O=C1CC(c2n[nH]c(=S)n2/N=C/c2ccc(Cl)cc2)CN1c1ccc(F)cc1. The second-order valence-corrected chi connectivity index (χ2v) is 7.20. The van der Waals surface area contributed by atoms with Crippen LogP contribution in [0.15, 0.2) is 53.6 Å². The van der Waals surface area contributed by atoms with Gasteiger partial charge in [0.05, 0.1) is 6.21 Å². The summed E-state index contributed by atoms with van der Waals surface area (Å²) in [4.78, 5) is 14.1. The Morgan fingerprint density at radius 3 is 2.64 bits per heavy atom. The van der Waals surface area contributed by atoms with Crippen molar-refractivity contribution in [3.8, 4) is 0 Å². The predicted molar refractivity (Wildman–Crippen MR) is 108 cm³/mol. The van der Waals surface area contributed by atoms with Gasteiger partial charge in [0.2, 0.25) is 10.7 Å². The molecule has 6 nitrogen and oxygen atoms in total. The molecule has 9 heteroatoms. The van der Waals surface area contributed by atoms with E-state index >= 15 is 0 Å². The third-order valence-corrected chi connectivity index (χ3v) is 5.01. The van der Waals surface area contributed by atoms with Crippen molar-refractivity contribution in [2.75, 3.05) is 11.4 Å². The van der Waals surface area contributed by atoms with Gasteiger partial charge >= 0.3 is 0 Å². The lowest BCUT2D eigenvalue weighted by atomic mass is 10.1. The Balaban J connectivity index is 1.58. The molecule has 1 saturated heterocycles. The molecule has 0 spiro atoms. The standard InChI is InChI=1S/C19H15ClFN5OS/c20-14-3-1-12(2-4-14)10-22-26-18(23-24-19(26)28)13-9-17(27)25(11-13)16-7-5-15(21)6-8-16/h1-8,10,13H,9,11H2,(H,24,28)/b22-10+. The average Bonchev–Trinajstić information content (AvgIpc) is 3.24. The van der Waals surface area contributed by atoms with E-state index in [2.05, 4.69) is 15.3 Å². The molecule has 1 N–H and O–H groups in total. The maximum Gasteiger partial charge on any atom is 0.227 e. The summed E-state index contributed by atoms with van der Waals surface area (Å²) in [6.07, 6.45) is 1.92. The molecule has 4 rings (SSSR count). The van der Waals surface area contributed by atoms with Gasteiger partial charge in [-0.05, 0) is 54.2 Å². The Morgan fingerprint density at radius 1 is 1.21 bits per heavy atom. The number of aromatic nitrogens is 3. The number of halogens is 2. The lowest BCUT2D eigenvalue weighted by Crippen LogP contribution is -2.24. The van der Waals surface area contributed by atoms with E-state index in [4.69, 9.17) is 23.8 Å². The van der Waals surface area contributed by atoms with E-state index in [-0.39, 0.29) is 24.1 Å². The molecular weight excluding hydrogens is 401 g/mol. The maximum absolute atomic E-state index is 13.2. The highest BCUT2D eigenvalue weighted by atomic mass is 35.5.